The van der Waals surface area contributed by atoms with Crippen molar-refractivity contribution in [2.24, 2.45) is 27.2 Å². The van der Waals surface area contributed by atoms with Gasteiger partial charge in [-0.25, -0.2) is 18.1 Å². The quantitative estimate of drug-likeness (QED) is 0.452. The number of nitrogens with two attached hydrogens (primary N) is 3. The number of hydrogen-bond donors (Lipinski definition) is 4. The zero-order valence-corrected chi connectivity index (χ0v) is 13.8. The van der Waals surface area contributed by atoms with Crippen LogP contribution in [0.1, 0.15) is 11.3 Å². The Morgan fingerprint density at radius 3 is 2.29 bits per heavy atom. The lowest BCUT2D eigenvalue weighted by Crippen LogP contribution is -2.26. The van der Waals surface area contributed by atoms with Gasteiger partial charge < -0.3 is 21.7 Å². The molecule has 1 aromatic carbocycles. The molecule has 0 unspecified atom stereocenters. The highest BCUT2D eigenvalue weighted by molar-refractivity contribution is 7.92. The highest BCUT2D eigenvalue weighted by Gasteiger charge is 2.19. The Kier molecular flexibility index (Phi) is 4.74. The molecule has 2 rings (SSSR count). The number of hydrogen-bond acceptors (Lipinski definition) is 5. The summed E-state index contributed by atoms with van der Waals surface area (Å²) in [6.45, 7) is 3.42. The highest BCUT2D eigenvalue weighted by atomic mass is 32.2. The standard InChI is InChI=1S/C13H17N7O3S/c1-7-8(2)19-23-11(7)20-24(21,22)10-5-3-9(4-6-10)17-13(16)18-12(14)15/h3-6,20H,1-2H3,(H6,14,15,16,17,18). The molecular weight excluding hydrogens is 334 g/mol. The van der Waals surface area contributed by atoms with Gasteiger partial charge in [-0.1, -0.05) is 5.16 Å². The van der Waals surface area contributed by atoms with Crippen LogP contribution in [0, 0.1) is 13.8 Å². The van der Waals surface area contributed by atoms with Gasteiger partial charge in [-0.2, -0.15) is 4.99 Å². The molecule has 1 heterocycles. The van der Waals surface area contributed by atoms with E-state index in [9.17, 15) is 8.42 Å². The summed E-state index contributed by atoms with van der Waals surface area (Å²) in [6.07, 6.45) is 0. The third-order valence-electron chi connectivity index (χ3n) is 3.02. The van der Waals surface area contributed by atoms with Crippen molar-refractivity contribution in [1.29, 1.82) is 0 Å². The maximum atomic E-state index is 12.3. The summed E-state index contributed by atoms with van der Waals surface area (Å²) >= 11 is 0. The minimum atomic E-state index is -3.82. The molecular formula is C13H17N7O3S. The number of nitrogens with zero attached hydrogens (tertiary/aromatic N) is 3. The molecule has 128 valence electrons. The van der Waals surface area contributed by atoms with E-state index in [0.717, 1.165) is 0 Å². The Morgan fingerprint density at radius 2 is 1.79 bits per heavy atom. The zero-order valence-electron chi connectivity index (χ0n) is 13.0. The van der Waals surface area contributed by atoms with Crippen molar-refractivity contribution in [3.05, 3.63) is 35.5 Å². The maximum Gasteiger partial charge on any atom is 0.264 e. The lowest BCUT2D eigenvalue weighted by atomic mass is 10.3. The van der Waals surface area contributed by atoms with Crippen molar-refractivity contribution in [1.82, 2.24) is 5.16 Å². The van der Waals surface area contributed by atoms with Crippen LogP contribution < -0.4 is 21.9 Å². The van der Waals surface area contributed by atoms with Crippen LogP contribution in [0.5, 0.6) is 0 Å². The first kappa shape index (κ1) is 17.3. The minimum Gasteiger partial charge on any atom is -0.370 e. The second-order valence-corrected chi connectivity index (χ2v) is 6.51. The van der Waals surface area contributed by atoms with Crippen molar-refractivity contribution in [3.63, 3.8) is 0 Å². The average molecular weight is 351 g/mol. The number of anilines is 1. The largest absolute Gasteiger partial charge is 0.370 e. The predicted octanol–water partition coefficient (Wildman–Crippen LogP) is 0.312. The molecule has 0 bridgehead atoms. The Balaban J connectivity index is 2.23. The van der Waals surface area contributed by atoms with Gasteiger partial charge in [0.25, 0.3) is 10.0 Å². The van der Waals surface area contributed by atoms with Crippen LogP contribution in [0.15, 0.2) is 43.7 Å². The number of aromatic nitrogens is 1. The molecule has 0 aliphatic carbocycles. The maximum absolute atomic E-state index is 12.3. The van der Waals surface area contributed by atoms with Gasteiger partial charge in [-0.15, -0.1) is 0 Å². The lowest BCUT2D eigenvalue weighted by Gasteiger charge is -2.06. The highest BCUT2D eigenvalue weighted by Crippen LogP contribution is 2.23. The summed E-state index contributed by atoms with van der Waals surface area (Å²) < 4.78 is 31.9. The van der Waals surface area contributed by atoms with Crippen LogP contribution >= 0.6 is 0 Å². The molecule has 0 saturated heterocycles. The van der Waals surface area contributed by atoms with Crippen molar-refractivity contribution in [2.45, 2.75) is 18.7 Å². The fourth-order valence-electron chi connectivity index (χ4n) is 1.68. The van der Waals surface area contributed by atoms with Gasteiger partial charge in [0.1, 0.15) is 0 Å². The second kappa shape index (κ2) is 6.58. The molecule has 2 aromatic rings. The monoisotopic (exact) mass is 351 g/mol. The van der Waals surface area contributed by atoms with E-state index in [1.165, 1.54) is 24.3 Å². The molecule has 0 atom stereocenters. The first-order valence-electron chi connectivity index (χ1n) is 6.68. The third-order valence-corrected chi connectivity index (χ3v) is 4.37. The number of aryl methyl sites for hydroxylation is 1. The molecule has 0 fully saturated rings. The molecule has 1 aromatic heterocycles. The molecule has 0 radical (unpaired) electrons. The summed E-state index contributed by atoms with van der Waals surface area (Å²) in [6, 6.07) is 5.65. The van der Waals surface area contributed by atoms with Crippen LogP contribution in [0.25, 0.3) is 0 Å². The molecule has 11 heteroatoms. The van der Waals surface area contributed by atoms with Crippen LogP contribution in [0.2, 0.25) is 0 Å². The predicted molar refractivity (Wildman–Crippen MR) is 90.3 cm³/mol. The van der Waals surface area contributed by atoms with Crippen molar-refractivity contribution in [3.8, 4) is 0 Å². The van der Waals surface area contributed by atoms with E-state index in [4.69, 9.17) is 21.7 Å². The van der Waals surface area contributed by atoms with E-state index in [1.54, 1.807) is 13.8 Å². The molecule has 0 aliphatic heterocycles. The lowest BCUT2D eigenvalue weighted by molar-refractivity contribution is 0.430. The van der Waals surface area contributed by atoms with E-state index in [-0.39, 0.29) is 22.7 Å². The summed E-state index contributed by atoms with van der Waals surface area (Å²) in [4.78, 5) is 7.51. The minimum absolute atomic E-state index is 0.0234. The first-order chi connectivity index (χ1) is 11.2. The van der Waals surface area contributed by atoms with Crippen molar-refractivity contribution in [2.75, 3.05) is 4.72 Å². The summed E-state index contributed by atoms with van der Waals surface area (Å²) in [7, 11) is -3.82. The van der Waals surface area contributed by atoms with Crippen LogP contribution in [-0.2, 0) is 10.0 Å². The van der Waals surface area contributed by atoms with E-state index in [2.05, 4.69) is 19.9 Å². The van der Waals surface area contributed by atoms with E-state index in [0.29, 0.717) is 16.9 Å². The first-order valence-corrected chi connectivity index (χ1v) is 8.17. The molecule has 10 nitrogen and oxygen atoms in total. The Morgan fingerprint density at radius 1 is 1.17 bits per heavy atom. The Bertz CT molecular complexity index is 894. The molecule has 0 saturated carbocycles. The molecule has 24 heavy (non-hydrogen) atoms. The SMILES string of the molecule is Cc1noc(NS(=O)(=O)c2ccc(N=C(N)N=C(N)N)cc2)c1C. The molecule has 0 aliphatic rings. The zero-order chi connectivity index (χ0) is 17.9. The number of guanidine groups is 2. The average Bonchev–Trinajstić information content (AvgIpc) is 2.78. The fourth-order valence-corrected chi connectivity index (χ4v) is 2.73. The van der Waals surface area contributed by atoms with Gasteiger partial charge in [0.15, 0.2) is 5.96 Å². The Labute approximate surface area is 138 Å². The van der Waals surface area contributed by atoms with Gasteiger partial charge in [0, 0.05) is 5.56 Å². The van der Waals surface area contributed by atoms with Crippen molar-refractivity contribution >= 4 is 33.5 Å². The Hall–Kier alpha value is -3.08. The van der Waals surface area contributed by atoms with Gasteiger partial charge in [-0.3, -0.25) is 0 Å². The number of nitrogens with one attached hydrogen (secondary N) is 1. The number of aliphatic imine (C=N–C) groups is 2. The van der Waals surface area contributed by atoms with Gasteiger partial charge in [0.2, 0.25) is 11.8 Å². The topological polar surface area (TPSA) is 175 Å². The smallest absolute Gasteiger partial charge is 0.264 e. The van der Waals surface area contributed by atoms with E-state index in [1.807, 2.05) is 0 Å². The molecule has 0 amide bonds. The van der Waals surface area contributed by atoms with Crippen LogP contribution in [-0.4, -0.2) is 25.5 Å². The number of rotatable bonds is 4. The normalized spacial score (nSPS) is 12.0. The van der Waals surface area contributed by atoms with Crippen LogP contribution in [0.3, 0.4) is 0 Å². The van der Waals surface area contributed by atoms with E-state index >= 15 is 0 Å². The number of benzene rings is 1. The second-order valence-electron chi connectivity index (χ2n) is 4.83. The van der Waals surface area contributed by atoms with Crippen molar-refractivity contribution < 1.29 is 12.9 Å². The van der Waals surface area contributed by atoms with E-state index < -0.39 is 10.0 Å². The summed E-state index contributed by atoms with van der Waals surface area (Å²) in [5.74, 6) is -0.291. The van der Waals surface area contributed by atoms with Gasteiger partial charge >= 0.3 is 0 Å². The van der Waals surface area contributed by atoms with Crippen LogP contribution in [0.4, 0.5) is 11.6 Å². The summed E-state index contributed by atoms with van der Waals surface area (Å²) in [5.41, 5.74) is 17.5. The molecule has 7 N–H and O–H groups in total. The summed E-state index contributed by atoms with van der Waals surface area (Å²) in [5, 5.41) is 3.70. The van der Waals surface area contributed by atoms with Gasteiger partial charge in [0.05, 0.1) is 16.3 Å². The number of sulfonamides is 1. The fraction of sp³-hybridized carbons (Fsp3) is 0.154. The third kappa shape index (κ3) is 4.01. The van der Waals surface area contributed by atoms with Gasteiger partial charge in [-0.05, 0) is 38.1 Å². The molecule has 0 spiro atoms.